The Bertz CT molecular complexity index is 800. The highest BCUT2D eigenvalue weighted by Gasteiger charge is 2.47. The number of esters is 1. The van der Waals surface area contributed by atoms with Crippen LogP contribution >= 0.6 is 11.6 Å². The highest BCUT2D eigenvalue weighted by Crippen LogP contribution is 2.34. The zero-order valence-corrected chi connectivity index (χ0v) is 15.0. The van der Waals surface area contributed by atoms with Gasteiger partial charge in [0.1, 0.15) is 11.3 Å². The van der Waals surface area contributed by atoms with Crippen LogP contribution in [-0.2, 0) is 9.53 Å². The highest BCUT2D eigenvalue weighted by molar-refractivity contribution is 6.33. The van der Waals surface area contributed by atoms with E-state index in [4.69, 9.17) is 20.8 Å². The molecule has 0 aliphatic carbocycles. The van der Waals surface area contributed by atoms with E-state index in [-0.39, 0.29) is 24.2 Å². The summed E-state index contributed by atoms with van der Waals surface area (Å²) in [5.74, 6) is 0.0171. The first-order chi connectivity index (χ1) is 12.0. The lowest BCUT2D eigenvalue weighted by Crippen LogP contribution is -2.51. The van der Waals surface area contributed by atoms with E-state index < -0.39 is 5.54 Å². The van der Waals surface area contributed by atoms with Gasteiger partial charge in [-0.25, -0.2) is 4.79 Å². The number of likely N-dealkylation sites (tertiary alicyclic amines) is 1. The van der Waals surface area contributed by atoms with Crippen LogP contribution < -0.4 is 0 Å². The van der Waals surface area contributed by atoms with Gasteiger partial charge >= 0.3 is 5.97 Å². The van der Waals surface area contributed by atoms with E-state index >= 15 is 0 Å². The fourth-order valence-corrected chi connectivity index (χ4v) is 3.41. The molecule has 6 heteroatoms. The molecule has 2 heterocycles. The summed E-state index contributed by atoms with van der Waals surface area (Å²) in [6.07, 6.45) is 1.33. The lowest BCUT2D eigenvalue weighted by molar-refractivity contribution is -0.153. The third-order valence-electron chi connectivity index (χ3n) is 4.56. The number of amides is 1. The predicted octanol–water partition coefficient (Wildman–Crippen LogP) is 4.16. The minimum Gasteiger partial charge on any atom is -0.464 e. The van der Waals surface area contributed by atoms with Gasteiger partial charge in [0, 0.05) is 12.1 Å². The molecule has 0 spiro atoms. The zero-order chi connectivity index (χ0) is 18.0. The Hall–Kier alpha value is -2.27. The van der Waals surface area contributed by atoms with Crippen LogP contribution in [0.3, 0.4) is 0 Å². The smallest absolute Gasteiger partial charge is 0.331 e. The van der Waals surface area contributed by atoms with Crippen LogP contribution in [0.1, 0.15) is 37.2 Å². The molecular formula is C19H20ClNO4. The minimum absolute atomic E-state index is 0.187. The first-order valence-corrected chi connectivity index (χ1v) is 8.69. The highest BCUT2D eigenvalue weighted by atomic mass is 35.5. The molecule has 3 rings (SSSR count). The van der Waals surface area contributed by atoms with E-state index in [1.165, 1.54) is 0 Å². The molecule has 0 N–H and O–H groups in total. The Labute approximate surface area is 151 Å². The molecule has 0 radical (unpaired) electrons. The second-order valence-electron chi connectivity index (χ2n) is 6.20. The van der Waals surface area contributed by atoms with Crippen LogP contribution in [0.5, 0.6) is 0 Å². The lowest BCUT2D eigenvalue weighted by Gasteiger charge is -2.32. The number of halogens is 1. The van der Waals surface area contributed by atoms with E-state index in [1.54, 1.807) is 36.9 Å². The van der Waals surface area contributed by atoms with E-state index in [0.29, 0.717) is 23.7 Å². The van der Waals surface area contributed by atoms with Crippen molar-refractivity contribution in [2.24, 2.45) is 0 Å². The van der Waals surface area contributed by atoms with Crippen molar-refractivity contribution < 1.29 is 18.7 Å². The first kappa shape index (κ1) is 17.5. The normalized spacial score (nSPS) is 19.9. The fourth-order valence-electron chi connectivity index (χ4n) is 3.18. The molecule has 0 saturated carbocycles. The van der Waals surface area contributed by atoms with Crippen molar-refractivity contribution in [3.05, 3.63) is 47.2 Å². The van der Waals surface area contributed by atoms with Gasteiger partial charge < -0.3 is 14.1 Å². The SMILES string of the molecule is CCOC(=O)C1(C)CCCN1C(=O)c1ccc(-c2ccccc2Cl)o1. The standard InChI is InChI=1S/C19H20ClNO4/c1-3-24-18(23)19(2)11-6-12-21(19)17(22)16-10-9-15(25-16)13-7-4-5-8-14(13)20/h4-5,7-10H,3,6,11-12H2,1-2H3. The summed E-state index contributed by atoms with van der Waals surface area (Å²) in [5, 5.41) is 0.549. The maximum Gasteiger partial charge on any atom is 0.331 e. The predicted molar refractivity (Wildman–Crippen MR) is 94.5 cm³/mol. The van der Waals surface area contributed by atoms with Crippen LogP contribution in [0.25, 0.3) is 11.3 Å². The van der Waals surface area contributed by atoms with Gasteiger partial charge in [-0.1, -0.05) is 23.7 Å². The third kappa shape index (κ3) is 3.16. The van der Waals surface area contributed by atoms with Gasteiger partial charge in [-0.15, -0.1) is 0 Å². The zero-order valence-electron chi connectivity index (χ0n) is 14.3. The van der Waals surface area contributed by atoms with Crippen molar-refractivity contribution in [3.8, 4) is 11.3 Å². The molecule has 132 valence electrons. The molecule has 1 amide bonds. The molecule has 1 aromatic carbocycles. The Morgan fingerprint density at radius 3 is 2.76 bits per heavy atom. The second-order valence-corrected chi connectivity index (χ2v) is 6.61. The number of nitrogens with zero attached hydrogens (tertiary/aromatic N) is 1. The largest absolute Gasteiger partial charge is 0.464 e. The summed E-state index contributed by atoms with van der Waals surface area (Å²) in [6, 6.07) is 10.6. The van der Waals surface area contributed by atoms with E-state index in [9.17, 15) is 9.59 Å². The molecule has 1 aliphatic heterocycles. The number of hydrogen-bond acceptors (Lipinski definition) is 4. The quantitative estimate of drug-likeness (QED) is 0.767. The van der Waals surface area contributed by atoms with Crippen molar-refractivity contribution in [2.75, 3.05) is 13.2 Å². The van der Waals surface area contributed by atoms with Crippen LogP contribution in [0.15, 0.2) is 40.8 Å². The lowest BCUT2D eigenvalue weighted by atomic mass is 9.99. The summed E-state index contributed by atoms with van der Waals surface area (Å²) in [6.45, 7) is 4.28. The van der Waals surface area contributed by atoms with E-state index in [0.717, 1.165) is 12.0 Å². The van der Waals surface area contributed by atoms with Crippen molar-refractivity contribution in [1.82, 2.24) is 4.90 Å². The van der Waals surface area contributed by atoms with Crippen molar-refractivity contribution in [2.45, 2.75) is 32.2 Å². The van der Waals surface area contributed by atoms with Crippen molar-refractivity contribution in [3.63, 3.8) is 0 Å². The number of rotatable bonds is 4. The average Bonchev–Trinajstić information content (AvgIpc) is 3.23. The molecule has 1 unspecified atom stereocenters. The van der Waals surface area contributed by atoms with Crippen molar-refractivity contribution in [1.29, 1.82) is 0 Å². The molecule has 1 aromatic heterocycles. The molecule has 25 heavy (non-hydrogen) atoms. The minimum atomic E-state index is -0.954. The van der Waals surface area contributed by atoms with Gasteiger partial charge in [-0.2, -0.15) is 0 Å². The molecule has 1 fully saturated rings. The molecule has 1 atom stereocenters. The number of furan rings is 1. The number of hydrogen-bond donors (Lipinski definition) is 0. The van der Waals surface area contributed by atoms with E-state index in [2.05, 4.69) is 0 Å². The molecule has 2 aromatic rings. The van der Waals surface area contributed by atoms with Gasteiger partial charge in [0.25, 0.3) is 5.91 Å². The first-order valence-electron chi connectivity index (χ1n) is 8.31. The summed E-state index contributed by atoms with van der Waals surface area (Å²) < 4.78 is 10.9. The monoisotopic (exact) mass is 361 g/mol. The van der Waals surface area contributed by atoms with Gasteiger partial charge in [0.2, 0.25) is 0 Å². The molecule has 1 saturated heterocycles. The average molecular weight is 362 g/mol. The summed E-state index contributed by atoms with van der Waals surface area (Å²) in [7, 11) is 0. The van der Waals surface area contributed by atoms with Gasteiger partial charge in [0.05, 0.1) is 11.6 Å². The molecule has 0 bridgehead atoms. The Morgan fingerprint density at radius 2 is 2.04 bits per heavy atom. The van der Waals surface area contributed by atoms with Crippen LogP contribution in [0.2, 0.25) is 5.02 Å². The number of ether oxygens (including phenoxy) is 1. The molecule has 5 nitrogen and oxygen atoms in total. The topological polar surface area (TPSA) is 59.8 Å². The summed E-state index contributed by atoms with van der Waals surface area (Å²) in [4.78, 5) is 26.8. The number of benzene rings is 1. The van der Waals surface area contributed by atoms with Crippen molar-refractivity contribution >= 4 is 23.5 Å². The number of carbonyl (C=O) groups is 2. The molecule has 1 aliphatic rings. The van der Waals surface area contributed by atoms with Crippen LogP contribution in [0, 0.1) is 0 Å². The maximum absolute atomic E-state index is 12.9. The third-order valence-corrected chi connectivity index (χ3v) is 4.89. The summed E-state index contributed by atoms with van der Waals surface area (Å²) in [5.41, 5.74) is -0.234. The van der Waals surface area contributed by atoms with Gasteiger partial charge in [0.15, 0.2) is 5.76 Å². The molecular weight excluding hydrogens is 342 g/mol. The van der Waals surface area contributed by atoms with Gasteiger partial charge in [-0.3, -0.25) is 4.79 Å². The summed E-state index contributed by atoms with van der Waals surface area (Å²) >= 11 is 6.18. The Morgan fingerprint density at radius 1 is 1.28 bits per heavy atom. The number of carbonyl (C=O) groups excluding carboxylic acids is 2. The fraction of sp³-hybridized carbons (Fsp3) is 0.368. The Kier molecular flexibility index (Phi) is 4.86. The van der Waals surface area contributed by atoms with E-state index in [1.807, 2.05) is 18.2 Å². The second kappa shape index (κ2) is 6.92. The van der Waals surface area contributed by atoms with Crippen LogP contribution in [-0.4, -0.2) is 35.5 Å². The van der Waals surface area contributed by atoms with Gasteiger partial charge in [-0.05, 0) is 51.0 Å². The maximum atomic E-state index is 12.9. The van der Waals surface area contributed by atoms with Crippen LogP contribution in [0.4, 0.5) is 0 Å². The Balaban J connectivity index is 1.86.